The quantitative estimate of drug-likeness (QED) is 0.508. The fraction of sp³-hybridized carbons (Fsp3) is 0.900. The monoisotopic (exact) mass is 201 g/mol. The summed E-state index contributed by atoms with van der Waals surface area (Å²) in [5.74, 6) is -0.229. The van der Waals surface area contributed by atoms with Crippen LogP contribution in [-0.4, -0.2) is 38.9 Å². The Hall–Kier alpha value is -0.610. The van der Waals surface area contributed by atoms with Crippen LogP contribution >= 0.6 is 0 Å². The number of nitrogens with one attached hydrogen (secondary N) is 1. The van der Waals surface area contributed by atoms with Crippen LogP contribution in [0.3, 0.4) is 0 Å². The molecule has 1 saturated carbocycles. The van der Waals surface area contributed by atoms with E-state index in [-0.39, 0.29) is 18.7 Å². The van der Waals surface area contributed by atoms with Crippen molar-refractivity contribution in [3.63, 3.8) is 0 Å². The second-order valence-corrected chi connectivity index (χ2v) is 3.55. The van der Waals surface area contributed by atoms with Crippen LogP contribution in [0.25, 0.3) is 0 Å². The Morgan fingerprint density at radius 1 is 1.43 bits per heavy atom. The van der Waals surface area contributed by atoms with Gasteiger partial charge in [-0.1, -0.05) is 0 Å². The van der Waals surface area contributed by atoms with E-state index in [4.69, 9.17) is 9.47 Å². The van der Waals surface area contributed by atoms with Crippen LogP contribution in [0.4, 0.5) is 0 Å². The molecule has 0 aromatic heterocycles. The van der Waals surface area contributed by atoms with Gasteiger partial charge >= 0.3 is 5.97 Å². The smallest absolute Gasteiger partial charge is 0.332 e. The lowest BCUT2D eigenvalue weighted by atomic mass is 10.3. The van der Waals surface area contributed by atoms with Crippen molar-refractivity contribution in [2.24, 2.45) is 0 Å². The van der Waals surface area contributed by atoms with Crippen LogP contribution < -0.4 is 5.32 Å². The van der Waals surface area contributed by atoms with Gasteiger partial charge in [-0.2, -0.15) is 0 Å². The minimum absolute atomic E-state index is 0.0815. The second-order valence-electron chi connectivity index (χ2n) is 3.55. The first-order chi connectivity index (χ1) is 6.83. The van der Waals surface area contributed by atoms with Gasteiger partial charge in [0, 0.05) is 6.54 Å². The minimum Gasteiger partial charge on any atom is -0.461 e. The maximum atomic E-state index is 11.2. The molecule has 0 amide bonds. The van der Waals surface area contributed by atoms with Gasteiger partial charge in [0.15, 0.2) is 0 Å². The lowest BCUT2D eigenvalue weighted by Crippen LogP contribution is -2.22. The van der Waals surface area contributed by atoms with Crippen molar-refractivity contribution in [3.05, 3.63) is 0 Å². The van der Waals surface area contributed by atoms with Crippen molar-refractivity contribution in [2.45, 2.75) is 31.8 Å². The van der Waals surface area contributed by atoms with Gasteiger partial charge in [0.25, 0.3) is 0 Å². The standard InChI is InChI=1S/C10H19NO3/c1-11-6-7-13-8-10(12)14-9-4-2-3-5-9/h9,11H,2-8H2,1H3. The summed E-state index contributed by atoms with van der Waals surface area (Å²) in [7, 11) is 1.85. The molecule has 1 N–H and O–H groups in total. The van der Waals surface area contributed by atoms with Crippen molar-refractivity contribution in [1.82, 2.24) is 5.32 Å². The first kappa shape index (κ1) is 11.5. The molecule has 1 aliphatic rings. The molecule has 0 bridgehead atoms. The van der Waals surface area contributed by atoms with E-state index in [1.54, 1.807) is 0 Å². The van der Waals surface area contributed by atoms with E-state index in [0.717, 1.165) is 19.4 Å². The van der Waals surface area contributed by atoms with Crippen molar-refractivity contribution >= 4 is 5.97 Å². The van der Waals surface area contributed by atoms with Crippen molar-refractivity contribution in [2.75, 3.05) is 26.8 Å². The molecule has 0 unspecified atom stereocenters. The van der Waals surface area contributed by atoms with Gasteiger partial charge in [-0.25, -0.2) is 4.79 Å². The Labute approximate surface area is 85.0 Å². The zero-order valence-corrected chi connectivity index (χ0v) is 8.75. The molecule has 1 fully saturated rings. The first-order valence-corrected chi connectivity index (χ1v) is 5.24. The predicted octanol–water partition coefficient (Wildman–Crippen LogP) is 0.708. The fourth-order valence-corrected chi connectivity index (χ4v) is 1.56. The Morgan fingerprint density at radius 2 is 2.14 bits per heavy atom. The van der Waals surface area contributed by atoms with E-state index >= 15 is 0 Å². The number of carbonyl (C=O) groups excluding carboxylic acids is 1. The number of rotatable bonds is 6. The number of esters is 1. The summed E-state index contributed by atoms with van der Waals surface area (Å²) >= 11 is 0. The normalized spacial score (nSPS) is 17.2. The molecule has 82 valence electrons. The molecule has 0 radical (unpaired) electrons. The Bertz CT molecular complexity index is 167. The second kappa shape index (κ2) is 6.79. The number of likely N-dealkylation sites (N-methyl/N-ethyl adjacent to an activating group) is 1. The number of hydrogen-bond acceptors (Lipinski definition) is 4. The van der Waals surface area contributed by atoms with Crippen LogP contribution in [-0.2, 0) is 14.3 Å². The molecule has 1 rings (SSSR count). The Balaban J connectivity index is 1.98. The van der Waals surface area contributed by atoms with E-state index in [0.29, 0.717) is 6.61 Å². The number of carbonyl (C=O) groups is 1. The van der Waals surface area contributed by atoms with Crippen LogP contribution in [0.2, 0.25) is 0 Å². The third-order valence-electron chi connectivity index (χ3n) is 2.32. The molecule has 0 aliphatic heterocycles. The summed E-state index contributed by atoms with van der Waals surface area (Å²) in [6, 6.07) is 0. The zero-order chi connectivity index (χ0) is 10.2. The maximum absolute atomic E-state index is 11.2. The number of hydrogen-bond donors (Lipinski definition) is 1. The summed E-state index contributed by atoms with van der Waals surface area (Å²) in [5, 5.41) is 2.94. The topological polar surface area (TPSA) is 47.6 Å². The summed E-state index contributed by atoms with van der Waals surface area (Å²) in [6.45, 7) is 1.39. The minimum atomic E-state index is -0.229. The molecule has 0 heterocycles. The zero-order valence-electron chi connectivity index (χ0n) is 8.75. The van der Waals surface area contributed by atoms with E-state index in [1.165, 1.54) is 12.8 Å². The van der Waals surface area contributed by atoms with E-state index in [9.17, 15) is 4.79 Å². The Kier molecular flexibility index (Phi) is 5.56. The third kappa shape index (κ3) is 4.58. The SMILES string of the molecule is CNCCOCC(=O)OC1CCCC1. The van der Waals surface area contributed by atoms with Crippen LogP contribution in [0.1, 0.15) is 25.7 Å². The highest BCUT2D eigenvalue weighted by molar-refractivity contribution is 5.70. The van der Waals surface area contributed by atoms with Crippen LogP contribution in [0, 0.1) is 0 Å². The van der Waals surface area contributed by atoms with Crippen molar-refractivity contribution in [3.8, 4) is 0 Å². The molecule has 0 atom stereocenters. The maximum Gasteiger partial charge on any atom is 0.332 e. The van der Waals surface area contributed by atoms with Gasteiger partial charge in [-0.3, -0.25) is 0 Å². The highest BCUT2D eigenvalue weighted by Crippen LogP contribution is 2.20. The van der Waals surface area contributed by atoms with Gasteiger partial charge in [-0.05, 0) is 32.7 Å². The van der Waals surface area contributed by atoms with Gasteiger partial charge in [0.2, 0.25) is 0 Å². The first-order valence-electron chi connectivity index (χ1n) is 5.24. The molecular formula is C10H19NO3. The van der Waals surface area contributed by atoms with Crippen LogP contribution in [0.5, 0.6) is 0 Å². The van der Waals surface area contributed by atoms with Gasteiger partial charge in [0.1, 0.15) is 12.7 Å². The molecule has 0 saturated heterocycles. The summed E-state index contributed by atoms with van der Waals surface area (Å²) < 4.78 is 10.3. The molecule has 4 heteroatoms. The van der Waals surface area contributed by atoms with Gasteiger partial charge in [0.05, 0.1) is 6.61 Å². The largest absolute Gasteiger partial charge is 0.461 e. The highest BCUT2D eigenvalue weighted by atomic mass is 16.6. The van der Waals surface area contributed by atoms with E-state index in [1.807, 2.05) is 7.05 Å². The average molecular weight is 201 g/mol. The number of ether oxygens (including phenoxy) is 2. The van der Waals surface area contributed by atoms with Crippen molar-refractivity contribution < 1.29 is 14.3 Å². The molecular weight excluding hydrogens is 182 g/mol. The molecule has 14 heavy (non-hydrogen) atoms. The van der Waals surface area contributed by atoms with Gasteiger partial charge in [-0.15, -0.1) is 0 Å². The fourth-order valence-electron chi connectivity index (χ4n) is 1.56. The predicted molar refractivity (Wildman–Crippen MR) is 53.1 cm³/mol. The van der Waals surface area contributed by atoms with Crippen molar-refractivity contribution in [1.29, 1.82) is 0 Å². The summed E-state index contributed by atoms with van der Waals surface area (Å²) in [6.07, 6.45) is 4.54. The highest BCUT2D eigenvalue weighted by Gasteiger charge is 2.18. The van der Waals surface area contributed by atoms with Crippen LogP contribution in [0.15, 0.2) is 0 Å². The molecule has 0 spiro atoms. The molecule has 0 aromatic rings. The average Bonchev–Trinajstić information content (AvgIpc) is 2.65. The van der Waals surface area contributed by atoms with E-state index < -0.39 is 0 Å². The Morgan fingerprint density at radius 3 is 2.79 bits per heavy atom. The summed E-state index contributed by atoms with van der Waals surface area (Å²) in [4.78, 5) is 11.2. The lowest BCUT2D eigenvalue weighted by Gasteiger charge is -2.11. The molecule has 4 nitrogen and oxygen atoms in total. The van der Waals surface area contributed by atoms with Gasteiger partial charge < -0.3 is 14.8 Å². The van der Waals surface area contributed by atoms with E-state index in [2.05, 4.69) is 5.32 Å². The lowest BCUT2D eigenvalue weighted by molar-refractivity contribution is -0.154. The summed E-state index contributed by atoms with van der Waals surface area (Å²) in [5.41, 5.74) is 0. The molecule has 1 aliphatic carbocycles. The third-order valence-corrected chi connectivity index (χ3v) is 2.32. The molecule has 0 aromatic carbocycles.